The summed E-state index contributed by atoms with van der Waals surface area (Å²) in [6.07, 6.45) is 0.819. The number of carbonyl (C=O) groups excluding carboxylic acids is 3. The Morgan fingerprint density at radius 1 is 1.10 bits per heavy atom. The number of esters is 1. The van der Waals surface area contributed by atoms with Gasteiger partial charge < -0.3 is 19.7 Å². The van der Waals surface area contributed by atoms with E-state index >= 15 is 0 Å². The summed E-state index contributed by atoms with van der Waals surface area (Å²) in [7, 11) is 0. The van der Waals surface area contributed by atoms with Crippen molar-refractivity contribution < 1.29 is 23.9 Å². The molecular weight excluding hydrogens is 384 g/mol. The lowest BCUT2D eigenvalue weighted by Gasteiger charge is -2.20. The zero-order chi connectivity index (χ0) is 21.5. The number of rotatable bonds is 8. The van der Waals surface area contributed by atoms with Crippen molar-refractivity contribution >= 4 is 29.2 Å². The van der Waals surface area contributed by atoms with E-state index in [1.807, 2.05) is 50.2 Å². The van der Waals surface area contributed by atoms with Gasteiger partial charge in [0.1, 0.15) is 5.75 Å². The summed E-state index contributed by atoms with van der Waals surface area (Å²) in [6.45, 7) is 4.14. The van der Waals surface area contributed by atoms with Crippen LogP contribution < -0.4 is 15.0 Å². The molecule has 2 aromatic rings. The average molecular weight is 410 g/mol. The molecule has 0 aliphatic carbocycles. The number of nitrogens with one attached hydrogen (secondary N) is 1. The van der Waals surface area contributed by atoms with Gasteiger partial charge in [-0.2, -0.15) is 0 Å². The molecule has 7 nitrogen and oxygen atoms in total. The standard InChI is InChI=1S/C23H26N2O5/c1-3-16-9-5-6-10-18(16)24-21(26)15-30-23(28)17-13-22(27)25(14-17)19-11-7-8-12-20(19)29-4-2/h5-12,17H,3-4,13-15H2,1-2H3,(H,24,26)/t17-/m0/s1. The van der Waals surface area contributed by atoms with Crippen molar-refractivity contribution in [2.45, 2.75) is 26.7 Å². The second kappa shape index (κ2) is 9.91. The van der Waals surface area contributed by atoms with Crippen LogP contribution in [0.3, 0.4) is 0 Å². The minimum atomic E-state index is -0.622. The molecule has 30 heavy (non-hydrogen) atoms. The molecule has 1 atom stereocenters. The first-order valence-corrected chi connectivity index (χ1v) is 10.1. The Morgan fingerprint density at radius 2 is 1.83 bits per heavy atom. The number of ether oxygens (including phenoxy) is 2. The highest BCUT2D eigenvalue weighted by molar-refractivity contribution is 6.01. The fourth-order valence-corrected chi connectivity index (χ4v) is 3.45. The van der Waals surface area contributed by atoms with Crippen LogP contribution in [0, 0.1) is 5.92 Å². The molecule has 1 saturated heterocycles. The van der Waals surface area contributed by atoms with Gasteiger partial charge in [0.15, 0.2) is 6.61 Å². The lowest BCUT2D eigenvalue weighted by molar-refractivity contribution is -0.151. The number of benzene rings is 2. The van der Waals surface area contributed by atoms with Crippen LogP contribution in [0.15, 0.2) is 48.5 Å². The molecule has 2 aromatic carbocycles. The Balaban J connectivity index is 1.57. The molecule has 158 valence electrons. The topological polar surface area (TPSA) is 84.9 Å². The van der Waals surface area contributed by atoms with Crippen molar-refractivity contribution in [1.82, 2.24) is 0 Å². The van der Waals surface area contributed by atoms with Crippen LogP contribution in [0.4, 0.5) is 11.4 Å². The maximum atomic E-state index is 12.5. The Morgan fingerprint density at radius 3 is 2.60 bits per heavy atom. The minimum absolute atomic E-state index is 0.0412. The number of carbonyl (C=O) groups is 3. The molecule has 2 amide bonds. The lowest BCUT2D eigenvalue weighted by Crippen LogP contribution is -2.28. The largest absolute Gasteiger partial charge is 0.492 e. The molecule has 0 saturated carbocycles. The molecule has 1 fully saturated rings. The van der Waals surface area contributed by atoms with Gasteiger partial charge in [0.25, 0.3) is 5.91 Å². The predicted octanol–water partition coefficient (Wildman–Crippen LogP) is 3.18. The van der Waals surface area contributed by atoms with Gasteiger partial charge in [-0.3, -0.25) is 14.4 Å². The molecule has 1 aliphatic rings. The van der Waals surface area contributed by atoms with E-state index in [2.05, 4.69) is 5.32 Å². The highest BCUT2D eigenvalue weighted by Crippen LogP contribution is 2.33. The maximum absolute atomic E-state index is 12.5. The van der Waals surface area contributed by atoms with Crippen LogP contribution in [0.2, 0.25) is 0 Å². The van der Waals surface area contributed by atoms with Crippen molar-refractivity contribution in [1.29, 1.82) is 0 Å². The fourth-order valence-electron chi connectivity index (χ4n) is 3.45. The summed E-state index contributed by atoms with van der Waals surface area (Å²) in [5.41, 5.74) is 2.34. The van der Waals surface area contributed by atoms with Crippen LogP contribution >= 0.6 is 0 Å². The molecule has 0 unspecified atom stereocenters. The molecule has 0 bridgehead atoms. The van der Waals surface area contributed by atoms with Crippen LogP contribution in [0.25, 0.3) is 0 Å². The number of para-hydroxylation sites is 3. The van der Waals surface area contributed by atoms with Crippen molar-refractivity contribution in [3.05, 3.63) is 54.1 Å². The van der Waals surface area contributed by atoms with Gasteiger partial charge in [-0.15, -0.1) is 0 Å². The lowest BCUT2D eigenvalue weighted by atomic mass is 10.1. The number of amides is 2. The number of anilines is 2. The van der Waals surface area contributed by atoms with Crippen molar-refractivity contribution in [2.75, 3.05) is 30.0 Å². The number of nitrogens with zero attached hydrogens (tertiary/aromatic N) is 1. The Bertz CT molecular complexity index is 927. The van der Waals surface area contributed by atoms with E-state index < -0.39 is 24.4 Å². The van der Waals surface area contributed by atoms with Crippen molar-refractivity contribution in [3.63, 3.8) is 0 Å². The van der Waals surface area contributed by atoms with Crippen LogP contribution in [0.1, 0.15) is 25.8 Å². The van der Waals surface area contributed by atoms with E-state index in [-0.39, 0.29) is 18.9 Å². The number of aryl methyl sites for hydroxylation is 1. The van der Waals surface area contributed by atoms with Gasteiger partial charge >= 0.3 is 5.97 Å². The zero-order valence-corrected chi connectivity index (χ0v) is 17.2. The Kier molecular flexibility index (Phi) is 7.06. The highest BCUT2D eigenvalue weighted by atomic mass is 16.5. The first kappa shape index (κ1) is 21.4. The molecule has 0 spiro atoms. The van der Waals surface area contributed by atoms with Gasteiger partial charge in [0.2, 0.25) is 5.91 Å². The third-order valence-corrected chi connectivity index (χ3v) is 4.93. The fraction of sp³-hybridized carbons (Fsp3) is 0.348. The summed E-state index contributed by atoms with van der Waals surface area (Å²) in [6, 6.07) is 14.7. The highest BCUT2D eigenvalue weighted by Gasteiger charge is 2.37. The Labute approximate surface area is 176 Å². The summed E-state index contributed by atoms with van der Waals surface area (Å²) < 4.78 is 10.8. The molecule has 1 N–H and O–H groups in total. The van der Waals surface area contributed by atoms with Gasteiger partial charge in [0.05, 0.1) is 18.2 Å². The summed E-state index contributed by atoms with van der Waals surface area (Å²) in [4.78, 5) is 38.6. The second-order valence-corrected chi connectivity index (χ2v) is 6.97. The third kappa shape index (κ3) is 4.97. The van der Waals surface area contributed by atoms with Crippen molar-refractivity contribution in [2.24, 2.45) is 5.92 Å². The molecular formula is C23H26N2O5. The van der Waals surface area contributed by atoms with Gasteiger partial charge in [-0.1, -0.05) is 37.3 Å². The molecule has 0 radical (unpaired) electrons. The van der Waals surface area contributed by atoms with E-state index in [0.717, 1.165) is 12.0 Å². The quantitative estimate of drug-likeness (QED) is 0.676. The summed E-state index contributed by atoms with van der Waals surface area (Å²) in [5.74, 6) is -1.17. The van der Waals surface area contributed by atoms with Crippen molar-refractivity contribution in [3.8, 4) is 5.75 Å². The van der Waals surface area contributed by atoms with Gasteiger partial charge in [0, 0.05) is 18.7 Å². The monoisotopic (exact) mass is 410 g/mol. The summed E-state index contributed by atoms with van der Waals surface area (Å²) >= 11 is 0. The zero-order valence-electron chi connectivity index (χ0n) is 17.2. The van der Waals surface area contributed by atoms with E-state index in [0.29, 0.717) is 23.7 Å². The first-order chi connectivity index (χ1) is 14.5. The summed E-state index contributed by atoms with van der Waals surface area (Å²) in [5, 5.41) is 2.76. The molecule has 1 heterocycles. The predicted molar refractivity (Wildman–Crippen MR) is 113 cm³/mol. The third-order valence-electron chi connectivity index (χ3n) is 4.93. The molecule has 7 heteroatoms. The van der Waals surface area contributed by atoms with E-state index in [9.17, 15) is 14.4 Å². The molecule has 1 aliphatic heterocycles. The molecule has 3 rings (SSSR count). The average Bonchev–Trinajstić information content (AvgIpc) is 3.14. The Hall–Kier alpha value is -3.35. The van der Waals surface area contributed by atoms with Gasteiger partial charge in [-0.05, 0) is 37.1 Å². The maximum Gasteiger partial charge on any atom is 0.311 e. The van der Waals surface area contributed by atoms with Crippen LogP contribution in [0.5, 0.6) is 5.75 Å². The first-order valence-electron chi connectivity index (χ1n) is 10.1. The number of hydrogen-bond donors (Lipinski definition) is 1. The normalized spacial score (nSPS) is 15.7. The second-order valence-electron chi connectivity index (χ2n) is 6.97. The SMILES string of the molecule is CCOc1ccccc1N1C[C@@H](C(=O)OCC(=O)Nc2ccccc2CC)CC1=O. The van der Waals surface area contributed by atoms with E-state index in [1.165, 1.54) is 4.90 Å². The minimum Gasteiger partial charge on any atom is -0.492 e. The van der Waals surface area contributed by atoms with Gasteiger partial charge in [-0.25, -0.2) is 0 Å². The molecule has 0 aromatic heterocycles. The van der Waals surface area contributed by atoms with E-state index in [1.54, 1.807) is 12.1 Å². The van der Waals surface area contributed by atoms with Crippen LogP contribution in [-0.2, 0) is 25.5 Å². The number of hydrogen-bond acceptors (Lipinski definition) is 5. The smallest absolute Gasteiger partial charge is 0.311 e. The van der Waals surface area contributed by atoms with E-state index in [4.69, 9.17) is 9.47 Å². The van der Waals surface area contributed by atoms with Crippen LogP contribution in [-0.4, -0.2) is 37.5 Å².